The SMILES string of the molecule is c1cnc(OCC2CCn3nccc3CN2C2CCC2)nc1. The average molecular weight is 299 g/mol. The zero-order valence-corrected chi connectivity index (χ0v) is 12.6. The third kappa shape index (κ3) is 2.70. The second-order valence-corrected chi connectivity index (χ2v) is 6.09. The summed E-state index contributed by atoms with van der Waals surface area (Å²) in [6.45, 7) is 2.56. The first-order valence-corrected chi connectivity index (χ1v) is 8.06. The quantitative estimate of drug-likeness (QED) is 0.863. The normalized spacial score (nSPS) is 22.6. The van der Waals surface area contributed by atoms with E-state index in [2.05, 4.69) is 30.7 Å². The third-order valence-corrected chi connectivity index (χ3v) is 4.78. The minimum atomic E-state index is 0.399. The molecule has 0 aromatic carbocycles. The Morgan fingerprint density at radius 1 is 1.14 bits per heavy atom. The predicted octanol–water partition coefficient (Wildman–Crippen LogP) is 1.88. The summed E-state index contributed by atoms with van der Waals surface area (Å²) in [4.78, 5) is 10.9. The van der Waals surface area contributed by atoms with Crippen molar-refractivity contribution in [3.8, 4) is 6.01 Å². The van der Waals surface area contributed by atoms with E-state index in [1.54, 1.807) is 18.5 Å². The zero-order chi connectivity index (χ0) is 14.8. The molecule has 0 radical (unpaired) electrons. The van der Waals surface area contributed by atoms with E-state index in [4.69, 9.17) is 4.74 Å². The van der Waals surface area contributed by atoms with Crippen LogP contribution >= 0.6 is 0 Å². The Morgan fingerprint density at radius 2 is 2.00 bits per heavy atom. The number of nitrogens with zero attached hydrogens (tertiary/aromatic N) is 5. The van der Waals surface area contributed by atoms with Gasteiger partial charge in [-0.1, -0.05) is 6.42 Å². The van der Waals surface area contributed by atoms with E-state index >= 15 is 0 Å². The van der Waals surface area contributed by atoms with Gasteiger partial charge in [-0.15, -0.1) is 0 Å². The largest absolute Gasteiger partial charge is 0.462 e. The second-order valence-electron chi connectivity index (χ2n) is 6.09. The first-order chi connectivity index (χ1) is 10.9. The number of fused-ring (bicyclic) bond motifs is 1. The molecule has 1 aliphatic heterocycles. The maximum Gasteiger partial charge on any atom is 0.316 e. The maximum absolute atomic E-state index is 5.83. The fraction of sp³-hybridized carbons (Fsp3) is 0.562. The molecule has 1 unspecified atom stereocenters. The Balaban J connectivity index is 1.48. The van der Waals surface area contributed by atoms with Crippen molar-refractivity contribution in [2.45, 2.75) is 50.9 Å². The van der Waals surface area contributed by atoms with Crippen molar-refractivity contribution < 1.29 is 4.74 Å². The minimum Gasteiger partial charge on any atom is -0.462 e. The highest BCUT2D eigenvalue weighted by Gasteiger charge is 2.33. The number of hydrogen-bond donors (Lipinski definition) is 0. The molecule has 4 rings (SSSR count). The molecule has 1 aliphatic carbocycles. The van der Waals surface area contributed by atoms with Crippen LogP contribution in [0.25, 0.3) is 0 Å². The van der Waals surface area contributed by atoms with Crippen LogP contribution in [-0.2, 0) is 13.1 Å². The van der Waals surface area contributed by atoms with Crippen LogP contribution in [0.3, 0.4) is 0 Å². The standard InChI is InChI=1S/C16H21N5O/c1-3-13(4-1)20-11-14-5-9-19-21(14)10-6-15(20)12-22-16-17-7-2-8-18-16/h2,5,7-9,13,15H,1,3-4,6,10-12H2. The molecule has 6 nitrogen and oxygen atoms in total. The van der Waals surface area contributed by atoms with Crippen LogP contribution in [0.2, 0.25) is 0 Å². The van der Waals surface area contributed by atoms with Gasteiger partial charge in [-0.25, -0.2) is 9.97 Å². The van der Waals surface area contributed by atoms with Gasteiger partial charge < -0.3 is 4.74 Å². The van der Waals surface area contributed by atoms with E-state index in [1.165, 1.54) is 25.0 Å². The van der Waals surface area contributed by atoms with Gasteiger partial charge >= 0.3 is 6.01 Å². The van der Waals surface area contributed by atoms with E-state index < -0.39 is 0 Å². The summed E-state index contributed by atoms with van der Waals surface area (Å²) in [6.07, 6.45) is 10.3. The number of rotatable bonds is 4. The fourth-order valence-corrected chi connectivity index (χ4v) is 3.30. The van der Waals surface area contributed by atoms with Crippen LogP contribution in [0.1, 0.15) is 31.4 Å². The van der Waals surface area contributed by atoms with Crippen molar-refractivity contribution in [3.63, 3.8) is 0 Å². The van der Waals surface area contributed by atoms with Crippen molar-refractivity contribution >= 4 is 0 Å². The summed E-state index contributed by atoms with van der Waals surface area (Å²) >= 11 is 0. The Bertz CT molecular complexity index is 610. The van der Waals surface area contributed by atoms with Crippen molar-refractivity contribution in [2.75, 3.05) is 6.61 Å². The fourth-order valence-electron chi connectivity index (χ4n) is 3.30. The Kier molecular flexibility index (Phi) is 3.76. The van der Waals surface area contributed by atoms with Crippen LogP contribution in [0.5, 0.6) is 6.01 Å². The van der Waals surface area contributed by atoms with Gasteiger partial charge in [0.05, 0.1) is 5.69 Å². The number of hydrogen-bond acceptors (Lipinski definition) is 5. The van der Waals surface area contributed by atoms with Gasteiger partial charge in [-0.2, -0.15) is 5.10 Å². The predicted molar refractivity (Wildman–Crippen MR) is 81.3 cm³/mol. The van der Waals surface area contributed by atoms with Crippen LogP contribution in [0, 0.1) is 0 Å². The summed E-state index contributed by atoms with van der Waals surface area (Å²) in [5.41, 5.74) is 1.31. The average Bonchev–Trinajstić information content (AvgIpc) is 2.87. The molecule has 2 aromatic rings. The van der Waals surface area contributed by atoms with Crippen LogP contribution < -0.4 is 4.74 Å². The summed E-state index contributed by atoms with van der Waals surface area (Å²) in [7, 11) is 0. The number of ether oxygens (including phenoxy) is 1. The molecule has 6 heteroatoms. The van der Waals surface area contributed by atoms with Crippen molar-refractivity contribution in [1.29, 1.82) is 0 Å². The lowest BCUT2D eigenvalue weighted by atomic mass is 9.90. The lowest BCUT2D eigenvalue weighted by molar-refractivity contribution is 0.0427. The van der Waals surface area contributed by atoms with E-state index in [-0.39, 0.29) is 0 Å². The molecule has 1 saturated carbocycles. The third-order valence-electron chi connectivity index (χ3n) is 4.78. The molecule has 2 aliphatic rings. The highest BCUT2D eigenvalue weighted by atomic mass is 16.5. The molecule has 0 amide bonds. The summed E-state index contributed by atoms with van der Waals surface area (Å²) < 4.78 is 7.96. The Hall–Kier alpha value is -1.95. The molecule has 1 atom stereocenters. The van der Waals surface area contributed by atoms with Crippen molar-refractivity contribution in [3.05, 3.63) is 36.4 Å². The number of aromatic nitrogens is 4. The second kappa shape index (κ2) is 6.04. The lowest BCUT2D eigenvalue weighted by Crippen LogP contribution is -2.48. The molecule has 22 heavy (non-hydrogen) atoms. The highest BCUT2D eigenvalue weighted by Crippen LogP contribution is 2.30. The molecule has 0 saturated heterocycles. The van der Waals surface area contributed by atoms with E-state index in [0.29, 0.717) is 24.7 Å². The van der Waals surface area contributed by atoms with Gasteiger partial charge in [0.1, 0.15) is 6.61 Å². The highest BCUT2D eigenvalue weighted by molar-refractivity contribution is 5.04. The van der Waals surface area contributed by atoms with Crippen LogP contribution in [0.15, 0.2) is 30.7 Å². The van der Waals surface area contributed by atoms with Crippen molar-refractivity contribution in [2.24, 2.45) is 0 Å². The summed E-state index contributed by atoms with van der Waals surface area (Å²) in [6, 6.07) is 5.49. The van der Waals surface area contributed by atoms with Gasteiger partial charge in [0, 0.05) is 43.8 Å². The molecule has 0 spiro atoms. The van der Waals surface area contributed by atoms with Crippen LogP contribution in [0.4, 0.5) is 0 Å². The van der Waals surface area contributed by atoms with Gasteiger partial charge in [0.2, 0.25) is 0 Å². The first-order valence-electron chi connectivity index (χ1n) is 8.06. The molecular formula is C16H21N5O. The molecule has 1 fully saturated rings. The Labute approximate surface area is 130 Å². The van der Waals surface area contributed by atoms with Crippen LogP contribution in [-0.4, -0.2) is 43.3 Å². The molecule has 0 N–H and O–H groups in total. The van der Waals surface area contributed by atoms with E-state index in [9.17, 15) is 0 Å². The number of aryl methyl sites for hydroxylation is 1. The van der Waals surface area contributed by atoms with Gasteiger partial charge in [0.15, 0.2) is 0 Å². The van der Waals surface area contributed by atoms with Gasteiger partial charge in [-0.3, -0.25) is 9.58 Å². The smallest absolute Gasteiger partial charge is 0.316 e. The topological polar surface area (TPSA) is 56.1 Å². The van der Waals surface area contributed by atoms with Gasteiger partial charge in [0.25, 0.3) is 0 Å². The molecular weight excluding hydrogens is 278 g/mol. The van der Waals surface area contributed by atoms with Crippen molar-refractivity contribution in [1.82, 2.24) is 24.6 Å². The first kappa shape index (κ1) is 13.7. The molecule has 116 valence electrons. The molecule has 2 aromatic heterocycles. The maximum atomic E-state index is 5.83. The molecule has 0 bridgehead atoms. The molecule has 3 heterocycles. The van der Waals surface area contributed by atoms with E-state index in [1.807, 2.05) is 6.20 Å². The lowest BCUT2D eigenvalue weighted by Gasteiger charge is -2.41. The van der Waals surface area contributed by atoms with E-state index in [0.717, 1.165) is 19.5 Å². The Morgan fingerprint density at radius 3 is 2.77 bits per heavy atom. The zero-order valence-electron chi connectivity index (χ0n) is 12.6. The summed E-state index contributed by atoms with van der Waals surface area (Å²) in [5.74, 6) is 0. The van der Waals surface area contributed by atoms with Gasteiger partial charge in [-0.05, 0) is 31.4 Å². The minimum absolute atomic E-state index is 0.399. The monoisotopic (exact) mass is 299 g/mol. The summed E-state index contributed by atoms with van der Waals surface area (Å²) in [5, 5.41) is 4.43.